The van der Waals surface area contributed by atoms with E-state index >= 15 is 0 Å². The molecule has 0 aromatic heterocycles. The van der Waals surface area contributed by atoms with Crippen LogP contribution in [0.15, 0.2) is 5.16 Å². The van der Waals surface area contributed by atoms with Crippen LogP contribution in [0.4, 0.5) is 0 Å². The lowest BCUT2D eigenvalue weighted by Gasteiger charge is -2.22. The minimum atomic E-state index is -0.552. The Bertz CT molecular complexity index is 225. The maximum absolute atomic E-state index is 11.5. The summed E-state index contributed by atoms with van der Waals surface area (Å²) in [6.45, 7) is 11.1. The molecule has 1 unspecified atom stereocenters. The predicted octanol–water partition coefficient (Wildman–Crippen LogP) is 1.70. The van der Waals surface area contributed by atoms with Gasteiger partial charge in [0.25, 0.3) is 5.91 Å². The molecule has 0 radical (unpaired) electrons. The number of hydrogen-bond acceptors (Lipinski definition) is 3. The van der Waals surface area contributed by atoms with Gasteiger partial charge in [-0.1, -0.05) is 5.16 Å². The first-order valence-electron chi connectivity index (χ1n) is 4.71. The summed E-state index contributed by atoms with van der Waals surface area (Å²) in [4.78, 5) is 16.5. The Kier molecular flexibility index (Phi) is 4.60. The van der Waals surface area contributed by atoms with Gasteiger partial charge in [-0.15, -0.1) is 0 Å². The van der Waals surface area contributed by atoms with Crippen molar-refractivity contribution in [1.29, 1.82) is 0 Å². The molecular formula is C10H20N2O2. The first kappa shape index (κ1) is 12.9. The number of nitrogens with zero attached hydrogens (tertiary/aromatic N) is 1. The molecule has 0 heterocycles. The number of amides is 1. The highest BCUT2D eigenvalue weighted by molar-refractivity contribution is 5.81. The van der Waals surface area contributed by atoms with E-state index in [-0.39, 0.29) is 11.4 Å². The van der Waals surface area contributed by atoms with Crippen LogP contribution < -0.4 is 5.32 Å². The van der Waals surface area contributed by atoms with Crippen LogP contribution >= 0.6 is 0 Å². The van der Waals surface area contributed by atoms with Gasteiger partial charge in [-0.25, -0.2) is 0 Å². The highest BCUT2D eigenvalue weighted by atomic mass is 16.6. The molecule has 0 aromatic carbocycles. The predicted molar refractivity (Wildman–Crippen MR) is 57.2 cm³/mol. The van der Waals surface area contributed by atoms with Gasteiger partial charge in [0, 0.05) is 5.54 Å². The second-order valence-electron chi connectivity index (χ2n) is 4.53. The minimum absolute atomic E-state index is 0.150. The number of carbonyl (C=O) groups excluding carboxylic acids is 1. The van der Waals surface area contributed by atoms with E-state index in [4.69, 9.17) is 4.84 Å². The maximum Gasteiger partial charge on any atom is 0.264 e. The molecular weight excluding hydrogens is 180 g/mol. The van der Waals surface area contributed by atoms with Gasteiger partial charge in [-0.3, -0.25) is 4.79 Å². The van der Waals surface area contributed by atoms with E-state index in [0.717, 1.165) is 5.71 Å². The summed E-state index contributed by atoms with van der Waals surface area (Å²) in [5.41, 5.74) is 0.556. The topological polar surface area (TPSA) is 50.7 Å². The molecule has 0 aliphatic rings. The standard InChI is InChI=1S/C10H20N2O2/c1-7(2)12-14-8(3)9(13)11-10(4,5)6/h8H,1-6H3,(H,11,13). The minimum Gasteiger partial charge on any atom is -0.383 e. The zero-order valence-corrected chi connectivity index (χ0v) is 9.84. The fourth-order valence-electron chi connectivity index (χ4n) is 0.704. The largest absolute Gasteiger partial charge is 0.383 e. The highest BCUT2D eigenvalue weighted by Crippen LogP contribution is 2.01. The molecule has 4 heteroatoms. The van der Waals surface area contributed by atoms with Crippen molar-refractivity contribution in [1.82, 2.24) is 5.32 Å². The van der Waals surface area contributed by atoms with Crippen molar-refractivity contribution in [2.24, 2.45) is 5.16 Å². The molecule has 0 aromatic rings. The molecule has 0 aliphatic heterocycles. The monoisotopic (exact) mass is 200 g/mol. The first-order chi connectivity index (χ1) is 6.22. The van der Waals surface area contributed by atoms with Crippen LogP contribution in [0.25, 0.3) is 0 Å². The molecule has 1 amide bonds. The molecule has 0 rings (SSSR count). The molecule has 0 spiro atoms. The average molecular weight is 200 g/mol. The molecule has 0 saturated carbocycles. The van der Waals surface area contributed by atoms with E-state index in [1.807, 2.05) is 34.6 Å². The summed E-state index contributed by atoms with van der Waals surface area (Å²) in [6, 6.07) is 0. The van der Waals surface area contributed by atoms with Crippen LogP contribution in [0.3, 0.4) is 0 Å². The number of carbonyl (C=O) groups is 1. The second kappa shape index (κ2) is 4.98. The van der Waals surface area contributed by atoms with Crippen molar-refractivity contribution in [3.05, 3.63) is 0 Å². The number of hydrogen-bond donors (Lipinski definition) is 1. The van der Waals surface area contributed by atoms with Crippen molar-refractivity contribution in [2.75, 3.05) is 0 Å². The zero-order valence-electron chi connectivity index (χ0n) is 9.84. The van der Waals surface area contributed by atoms with Crippen molar-refractivity contribution in [3.8, 4) is 0 Å². The lowest BCUT2D eigenvalue weighted by Crippen LogP contribution is -2.45. The van der Waals surface area contributed by atoms with Crippen molar-refractivity contribution in [2.45, 2.75) is 53.2 Å². The number of oxime groups is 1. The Labute approximate surface area is 85.7 Å². The second-order valence-corrected chi connectivity index (χ2v) is 4.53. The van der Waals surface area contributed by atoms with Gasteiger partial charge in [0.05, 0.1) is 5.71 Å². The molecule has 0 aliphatic carbocycles. The van der Waals surface area contributed by atoms with Gasteiger partial charge >= 0.3 is 0 Å². The Morgan fingerprint density at radius 2 is 1.86 bits per heavy atom. The molecule has 0 saturated heterocycles. The molecule has 0 fully saturated rings. The number of rotatable bonds is 3. The van der Waals surface area contributed by atoms with E-state index in [1.54, 1.807) is 6.92 Å². The fourth-order valence-corrected chi connectivity index (χ4v) is 0.704. The lowest BCUT2D eigenvalue weighted by molar-refractivity contribution is -0.133. The van der Waals surface area contributed by atoms with E-state index in [9.17, 15) is 4.79 Å². The van der Waals surface area contributed by atoms with E-state index < -0.39 is 6.10 Å². The van der Waals surface area contributed by atoms with Crippen LogP contribution in [-0.4, -0.2) is 23.3 Å². The van der Waals surface area contributed by atoms with Crippen molar-refractivity contribution in [3.63, 3.8) is 0 Å². The Morgan fingerprint density at radius 1 is 1.36 bits per heavy atom. The third-order valence-corrected chi connectivity index (χ3v) is 1.26. The van der Waals surface area contributed by atoms with Gasteiger partial charge < -0.3 is 10.2 Å². The van der Waals surface area contributed by atoms with Crippen LogP contribution in [0.1, 0.15) is 41.5 Å². The molecule has 4 nitrogen and oxygen atoms in total. The average Bonchev–Trinajstić information content (AvgIpc) is 1.96. The Hall–Kier alpha value is -1.06. The smallest absolute Gasteiger partial charge is 0.264 e. The van der Waals surface area contributed by atoms with E-state index in [2.05, 4.69) is 10.5 Å². The Balaban J connectivity index is 4.07. The summed E-state index contributed by atoms with van der Waals surface area (Å²) in [7, 11) is 0. The van der Waals surface area contributed by atoms with Crippen molar-refractivity contribution < 1.29 is 9.63 Å². The summed E-state index contributed by atoms with van der Waals surface area (Å²) >= 11 is 0. The first-order valence-corrected chi connectivity index (χ1v) is 4.71. The summed E-state index contributed by atoms with van der Waals surface area (Å²) in [6.07, 6.45) is -0.552. The summed E-state index contributed by atoms with van der Waals surface area (Å²) < 4.78 is 0. The molecule has 14 heavy (non-hydrogen) atoms. The van der Waals surface area contributed by atoms with Gasteiger partial charge in [-0.2, -0.15) is 0 Å². The third kappa shape index (κ3) is 6.46. The van der Waals surface area contributed by atoms with Crippen LogP contribution in [-0.2, 0) is 9.63 Å². The van der Waals surface area contributed by atoms with Crippen LogP contribution in [0.5, 0.6) is 0 Å². The number of nitrogens with one attached hydrogen (secondary N) is 1. The lowest BCUT2D eigenvalue weighted by atomic mass is 10.1. The summed E-state index contributed by atoms with van der Waals surface area (Å²) in [5.74, 6) is -0.150. The zero-order chi connectivity index (χ0) is 11.4. The fraction of sp³-hybridized carbons (Fsp3) is 0.800. The SMILES string of the molecule is CC(C)=NOC(C)C(=O)NC(C)(C)C. The van der Waals surface area contributed by atoms with Crippen LogP contribution in [0, 0.1) is 0 Å². The van der Waals surface area contributed by atoms with Gasteiger partial charge in [0.2, 0.25) is 6.10 Å². The van der Waals surface area contributed by atoms with E-state index in [0.29, 0.717) is 0 Å². The molecule has 82 valence electrons. The highest BCUT2D eigenvalue weighted by Gasteiger charge is 2.20. The van der Waals surface area contributed by atoms with Gasteiger partial charge in [0.15, 0.2) is 0 Å². The normalized spacial score (nSPS) is 13.0. The maximum atomic E-state index is 11.5. The van der Waals surface area contributed by atoms with Crippen molar-refractivity contribution >= 4 is 11.6 Å². The van der Waals surface area contributed by atoms with Gasteiger partial charge in [-0.05, 0) is 41.5 Å². The summed E-state index contributed by atoms with van der Waals surface area (Å²) in [5, 5.41) is 6.54. The van der Waals surface area contributed by atoms with Crippen LogP contribution in [0.2, 0.25) is 0 Å². The quantitative estimate of drug-likeness (QED) is 0.557. The van der Waals surface area contributed by atoms with Gasteiger partial charge in [0.1, 0.15) is 0 Å². The molecule has 0 bridgehead atoms. The third-order valence-electron chi connectivity index (χ3n) is 1.26. The molecule has 1 atom stereocenters. The Morgan fingerprint density at radius 3 is 2.21 bits per heavy atom. The molecule has 1 N–H and O–H groups in total. The van der Waals surface area contributed by atoms with E-state index in [1.165, 1.54) is 0 Å².